The van der Waals surface area contributed by atoms with Crippen molar-refractivity contribution in [2.75, 3.05) is 7.11 Å². The van der Waals surface area contributed by atoms with Gasteiger partial charge in [-0.15, -0.1) is 0 Å². The third kappa shape index (κ3) is 3.48. The number of methoxy groups -OCH3 is 1. The molecular formula is C16H18FNO2. The van der Waals surface area contributed by atoms with Crippen molar-refractivity contribution in [1.29, 1.82) is 0 Å². The predicted octanol–water partition coefficient (Wildman–Crippen LogP) is 3.43. The molecule has 106 valence electrons. The van der Waals surface area contributed by atoms with Crippen molar-refractivity contribution in [3.8, 4) is 11.5 Å². The number of nitrogens with two attached hydrogens (primary N) is 1. The van der Waals surface area contributed by atoms with Gasteiger partial charge in [0.1, 0.15) is 23.9 Å². The van der Waals surface area contributed by atoms with Crippen LogP contribution in [0.15, 0.2) is 42.5 Å². The van der Waals surface area contributed by atoms with Crippen LogP contribution < -0.4 is 15.2 Å². The second-order valence-electron chi connectivity index (χ2n) is 4.61. The van der Waals surface area contributed by atoms with Crippen molar-refractivity contribution in [2.45, 2.75) is 19.6 Å². The monoisotopic (exact) mass is 275 g/mol. The summed E-state index contributed by atoms with van der Waals surface area (Å²) in [4.78, 5) is 0. The molecule has 0 radical (unpaired) electrons. The summed E-state index contributed by atoms with van der Waals surface area (Å²) in [6, 6.07) is 12.0. The molecule has 0 amide bonds. The van der Waals surface area contributed by atoms with Gasteiger partial charge >= 0.3 is 0 Å². The molecule has 0 aromatic heterocycles. The predicted molar refractivity (Wildman–Crippen MR) is 76.3 cm³/mol. The molecule has 0 heterocycles. The highest BCUT2D eigenvalue weighted by atomic mass is 19.1. The van der Waals surface area contributed by atoms with Gasteiger partial charge < -0.3 is 15.2 Å². The lowest BCUT2D eigenvalue weighted by Crippen LogP contribution is -2.07. The molecule has 0 aliphatic heterocycles. The average Bonchev–Trinajstić information content (AvgIpc) is 2.45. The summed E-state index contributed by atoms with van der Waals surface area (Å²) in [5.41, 5.74) is 7.14. The van der Waals surface area contributed by atoms with Gasteiger partial charge in [0.2, 0.25) is 0 Å². The Labute approximate surface area is 118 Å². The molecule has 1 atom stereocenters. The van der Waals surface area contributed by atoms with Gasteiger partial charge in [-0.05, 0) is 30.7 Å². The molecular weight excluding hydrogens is 257 g/mol. The molecule has 2 aromatic rings. The molecule has 0 saturated carbocycles. The Balaban J connectivity index is 2.01. The summed E-state index contributed by atoms with van der Waals surface area (Å²) in [6.45, 7) is 2.12. The zero-order valence-corrected chi connectivity index (χ0v) is 11.6. The highest BCUT2D eigenvalue weighted by Crippen LogP contribution is 2.21. The highest BCUT2D eigenvalue weighted by molar-refractivity contribution is 5.31. The summed E-state index contributed by atoms with van der Waals surface area (Å²) in [7, 11) is 1.62. The topological polar surface area (TPSA) is 44.5 Å². The summed E-state index contributed by atoms with van der Waals surface area (Å²) in [5.74, 6) is 0.941. The molecule has 2 aromatic carbocycles. The lowest BCUT2D eigenvalue weighted by atomic mass is 10.1. The smallest absolute Gasteiger partial charge is 0.131 e. The first-order valence-corrected chi connectivity index (χ1v) is 6.41. The van der Waals surface area contributed by atoms with Crippen LogP contribution in [0.1, 0.15) is 24.1 Å². The van der Waals surface area contributed by atoms with Crippen molar-refractivity contribution >= 4 is 0 Å². The number of hydrogen-bond acceptors (Lipinski definition) is 3. The number of benzene rings is 2. The molecule has 2 N–H and O–H groups in total. The van der Waals surface area contributed by atoms with E-state index in [1.165, 1.54) is 6.07 Å². The van der Waals surface area contributed by atoms with Gasteiger partial charge in [0.25, 0.3) is 0 Å². The first-order chi connectivity index (χ1) is 9.60. The van der Waals surface area contributed by atoms with Gasteiger partial charge in [0, 0.05) is 17.7 Å². The van der Waals surface area contributed by atoms with E-state index in [0.29, 0.717) is 17.9 Å². The molecule has 4 heteroatoms. The van der Waals surface area contributed by atoms with Crippen LogP contribution in [0.4, 0.5) is 4.39 Å². The summed E-state index contributed by atoms with van der Waals surface area (Å²) >= 11 is 0. The average molecular weight is 275 g/mol. The van der Waals surface area contributed by atoms with Gasteiger partial charge in [-0.3, -0.25) is 0 Å². The molecule has 0 aliphatic carbocycles. The SMILES string of the molecule is COc1ccc(COc2ccc([C@@H](C)N)c(F)c2)cc1. The van der Waals surface area contributed by atoms with E-state index in [9.17, 15) is 4.39 Å². The van der Waals surface area contributed by atoms with E-state index in [2.05, 4.69) is 0 Å². The number of rotatable bonds is 5. The summed E-state index contributed by atoms with van der Waals surface area (Å²) in [5, 5.41) is 0. The van der Waals surface area contributed by atoms with Crippen molar-refractivity contribution in [2.24, 2.45) is 5.73 Å². The van der Waals surface area contributed by atoms with E-state index < -0.39 is 0 Å². The van der Waals surface area contributed by atoms with E-state index in [-0.39, 0.29) is 11.9 Å². The van der Waals surface area contributed by atoms with E-state index in [1.54, 1.807) is 26.2 Å². The largest absolute Gasteiger partial charge is 0.497 e. The van der Waals surface area contributed by atoms with Crippen LogP contribution in [0.5, 0.6) is 11.5 Å². The minimum Gasteiger partial charge on any atom is -0.497 e. The molecule has 3 nitrogen and oxygen atoms in total. The minimum atomic E-state index is -0.341. The number of hydrogen-bond donors (Lipinski definition) is 1. The van der Waals surface area contributed by atoms with Gasteiger partial charge in [-0.25, -0.2) is 4.39 Å². The van der Waals surface area contributed by atoms with Crippen molar-refractivity contribution < 1.29 is 13.9 Å². The summed E-state index contributed by atoms with van der Waals surface area (Å²) in [6.07, 6.45) is 0. The minimum absolute atomic E-state index is 0.328. The maximum Gasteiger partial charge on any atom is 0.131 e. The third-order valence-corrected chi connectivity index (χ3v) is 3.03. The zero-order chi connectivity index (χ0) is 14.5. The quantitative estimate of drug-likeness (QED) is 0.909. The van der Waals surface area contributed by atoms with Crippen molar-refractivity contribution in [3.05, 3.63) is 59.4 Å². The van der Waals surface area contributed by atoms with Crippen molar-refractivity contribution in [1.82, 2.24) is 0 Å². The van der Waals surface area contributed by atoms with Crippen LogP contribution in [0.3, 0.4) is 0 Å². The first kappa shape index (κ1) is 14.3. The van der Waals surface area contributed by atoms with Gasteiger partial charge in [0.15, 0.2) is 0 Å². The fourth-order valence-corrected chi connectivity index (χ4v) is 1.86. The van der Waals surface area contributed by atoms with Gasteiger partial charge in [-0.1, -0.05) is 18.2 Å². The Kier molecular flexibility index (Phi) is 4.58. The number of halogens is 1. The second-order valence-corrected chi connectivity index (χ2v) is 4.61. The molecule has 0 bridgehead atoms. The number of ether oxygens (including phenoxy) is 2. The lowest BCUT2D eigenvalue weighted by Gasteiger charge is -2.10. The Morgan fingerprint density at radius 3 is 2.30 bits per heavy atom. The highest BCUT2D eigenvalue weighted by Gasteiger charge is 2.08. The lowest BCUT2D eigenvalue weighted by molar-refractivity contribution is 0.304. The Hall–Kier alpha value is -2.07. The van der Waals surface area contributed by atoms with E-state index in [4.69, 9.17) is 15.2 Å². The fourth-order valence-electron chi connectivity index (χ4n) is 1.86. The van der Waals surface area contributed by atoms with Crippen LogP contribution in [0.25, 0.3) is 0 Å². The summed E-state index contributed by atoms with van der Waals surface area (Å²) < 4.78 is 24.4. The van der Waals surface area contributed by atoms with E-state index in [1.807, 2.05) is 24.3 Å². The maximum atomic E-state index is 13.7. The van der Waals surface area contributed by atoms with Crippen LogP contribution in [0.2, 0.25) is 0 Å². The molecule has 0 spiro atoms. The Morgan fingerprint density at radius 2 is 1.75 bits per heavy atom. The Morgan fingerprint density at radius 1 is 1.10 bits per heavy atom. The van der Waals surface area contributed by atoms with Gasteiger partial charge in [-0.2, -0.15) is 0 Å². The van der Waals surface area contributed by atoms with Crippen LogP contribution in [-0.2, 0) is 6.61 Å². The first-order valence-electron chi connectivity index (χ1n) is 6.41. The van der Waals surface area contributed by atoms with Crippen LogP contribution in [-0.4, -0.2) is 7.11 Å². The third-order valence-electron chi connectivity index (χ3n) is 3.03. The van der Waals surface area contributed by atoms with Crippen LogP contribution >= 0.6 is 0 Å². The molecule has 20 heavy (non-hydrogen) atoms. The Bertz CT molecular complexity index is 567. The molecule has 0 saturated heterocycles. The molecule has 0 unspecified atom stereocenters. The van der Waals surface area contributed by atoms with Gasteiger partial charge in [0.05, 0.1) is 7.11 Å². The molecule has 0 fully saturated rings. The normalized spacial score (nSPS) is 12.0. The molecule has 2 rings (SSSR count). The van der Waals surface area contributed by atoms with Crippen LogP contribution in [0, 0.1) is 5.82 Å². The standard InChI is InChI=1S/C16H18FNO2/c1-11(18)15-8-7-14(9-16(15)17)20-10-12-3-5-13(19-2)6-4-12/h3-9,11H,10,18H2,1-2H3/t11-/m1/s1. The fraction of sp³-hybridized carbons (Fsp3) is 0.250. The van der Waals surface area contributed by atoms with E-state index >= 15 is 0 Å². The van der Waals surface area contributed by atoms with E-state index in [0.717, 1.165) is 11.3 Å². The zero-order valence-electron chi connectivity index (χ0n) is 11.6. The molecule has 0 aliphatic rings. The maximum absolute atomic E-state index is 13.7. The second kappa shape index (κ2) is 6.39. The van der Waals surface area contributed by atoms with Crippen molar-refractivity contribution in [3.63, 3.8) is 0 Å².